The first kappa shape index (κ1) is 19.9. The Balaban J connectivity index is 1.24. The highest BCUT2D eigenvalue weighted by Gasteiger charge is 2.46. The fourth-order valence-electron chi connectivity index (χ4n) is 4.63. The minimum atomic E-state index is -1.51. The van der Waals surface area contributed by atoms with Crippen LogP contribution in [0.4, 0.5) is 0 Å². The van der Waals surface area contributed by atoms with Crippen LogP contribution in [0.5, 0.6) is 28.7 Å². The lowest BCUT2D eigenvalue weighted by Crippen LogP contribution is -2.60. The molecule has 0 radical (unpaired) electrons. The smallest absolute Gasteiger partial charge is 0.231 e. The topological polar surface area (TPSA) is 136 Å². The molecule has 6 rings (SSSR count). The molecule has 2 aromatic rings. The molecule has 0 saturated carbocycles. The summed E-state index contributed by atoms with van der Waals surface area (Å²) in [4.78, 5) is 0. The number of aliphatic hydroxyl groups is 4. The molecule has 1 saturated heterocycles. The van der Waals surface area contributed by atoms with E-state index in [0.29, 0.717) is 35.4 Å². The molecule has 170 valence electrons. The van der Waals surface area contributed by atoms with Crippen LogP contribution in [0.25, 0.3) is 0 Å². The number of ether oxygens (including phenoxy) is 6. The van der Waals surface area contributed by atoms with Gasteiger partial charge in [0.25, 0.3) is 0 Å². The largest absolute Gasteiger partial charge is 0.492 e. The summed E-state index contributed by atoms with van der Waals surface area (Å²) in [5.74, 6) is 2.85. The molecule has 1 fully saturated rings. The summed E-state index contributed by atoms with van der Waals surface area (Å²) < 4.78 is 34.4. The minimum Gasteiger partial charge on any atom is -0.492 e. The fraction of sp³-hybridized carbons (Fsp3) is 0.455. The van der Waals surface area contributed by atoms with Crippen LogP contribution in [0.15, 0.2) is 30.3 Å². The van der Waals surface area contributed by atoms with Gasteiger partial charge in [-0.25, -0.2) is 0 Å². The average Bonchev–Trinajstić information content (AvgIpc) is 3.43. The Kier molecular flexibility index (Phi) is 4.60. The van der Waals surface area contributed by atoms with Gasteiger partial charge in [-0.15, -0.1) is 0 Å². The highest BCUT2D eigenvalue weighted by molar-refractivity contribution is 5.61. The predicted molar refractivity (Wildman–Crippen MR) is 105 cm³/mol. The lowest BCUT2D eigenvalue weighted by Gasteiger charge is -2.39. The molecule has 0 spiro atoms. The van der Waals surface area contributed by atoms with E-state index in [1.807, 2.05) is 18.2 Å². The Morgan fingerprint density at radius 1 is 0.875 bits per heavy atom. The Hall–Kier alpha value is -2.76. The van der Waals surface area contributed by atoms with Crippen molar-refractivity contribution in [2.45, 2.75) is 42.7 Å². The molecule has 4 aliphatic heterocycles. The van der Waals surface area contributed by atoms with E-state index in [4.69, 9.17) is 28.4 Å². The van der Waals surface area contributed by atoms with Crippen molar-refractivity contribution in [3.63, 3.8) is 0 Å². The first-order valence-corrected chi connectivity index (χ1v) is 10.4. The monoisotopic (exact) mass is 446 g/mol. The Morgan fingerprint density at radius 2 is 1.72 bits per heavy atom. The van der Waals surface area contributed by atoms with Crippen molar-refractivity contribution in [3.05, 3.63) is 41.5 Å². The number of benzene rings is 2. The first-order chi connectivity index (χ1) is 15.5. The van der Waals surface area contributed by atoms with Crippen LogP contribution >= 0.6 is 0 Å². The van der Waals surface area contributed by atoms with Crippen LogP contribution < -0.4 is 23.7 Å². The quantitative estimate of drug-likeness (QED) is 0.518. The van der Waals surface area contributed by atoms with E-state index in [9.17, 15) is 20.4 Å². The van der Waals surface area contributed by atoms with Crippen molar-refractivity contribution in [3.8, 4) is 28.7 Å². The maximum atomic E-state index is 10.2. The summed E-state index contributed by atoms with van der Waals surface area (Å²) in [5, 5.41) is 39.4. The number of rotatable bonds is 3. The zero-order valence-corrected chi connectivity index (χ0v) is 16.8. The van der Waals surface area contributed by atoms with Crippen LogP contribution in [0, 0.1) is 0 Å². The highest BCUT2D eigenvalue weighted by Crippen LogP contribution is 2.57. The molecule has 4 aliphatic rings. The zero-order chi connectivity index (χ0) is 22.0. The van der Waals surface area contributed by atoms with E-state index in [0.717, 1.165) is 11.1 Å². The van der Waals surface area contributed by atoms with Crippen molar-refractivity contribution in [2.75, 3.05) is 20.0 Å². The lowest BCUT2D eigenvalue weighted by molar-refractivity contribution is -0.277. The molecule has 10 nitrogen and oxygen atoms in total. The summed E-state index contributed by atoms with van der Waals surface area (Å²) >= 11 is 0. The van der Waals surface area contributed by atoms with Gasteiger partial charge in [0.05, 0.1) is 19.1 Å². The van der Waals surface area contributed by atoms with Crippen molar-refractivity contribution in [1.82, 2.24) is 0 Å². The normalized spacial score (nSPS) is 34.1. The molecule has 7 atom stereocenters. The summed E-state index contributed by atoms with van der Waals surface area (Å²) in [5.41, 5.74) is 1.85. The third kappa shape index (κ3) is 2.91. The van der Waals surface area contributed by atoms with Crippen molar-refractivity contribution in [1.29, 1.82) is 0 Å². The van der Waals surface area contributed by atoms with E-state index in [2.05, 4.69) is 0 Å². The second kappa shape index (κ2) is 7.39. The molecule has 0 aromatic heterocycles. The summed E-state index contributed by atoms with van der Waals surface area (Å²) in [6.45, 7) is 0.0293. The highest BCUT2D eigenvalue weighted by atomic mass is 16.7. The van der Waals surface area contributed by atoms with E-state index in [1.54, 1.807) is 12.1 Å². The second-order valence-corrected chi connectivity index (χ2v) is 8.19. The van der Waals surface area contributed by atoms with Crippen LogP contribution in [0.2, 0.25) is 0 Å². The van der Waals surface area contributed by atoms with E-state index in [1.165, 1.54) is 0 Å². The van der Waals surface area contributed by atoms with Gasteiger partial charge in [-0.05, 0) is 18.2 Å². The fourth-order valence-corrected chi connectivity index (χ4v) is 4.63. The van der Waals surface area contributed by atoms with E-state index >= 15 is 0 Å². The van der Waals surface area contributed by atoms with Gasteiger partial charge in [-0.1, -0.05) is 6.07 Å². The van der Waals surface area contributed by atoms with Gasteiger partial charge in [0.1, 0.15) is 42.0 Å². The molecule has 0 aliphatic carbocycles. The van der Waals surface area contributed by atoms with Crippen LogP contribution in [-0.4, -0.2) is 71.1 Å². The molecular weight excluding hydrogens is 424 g/mol. The summed E-state index contributed by atoms with van der Waals surface area (Å²) in [6, 6.07) is 9.00. The molecule has 0 unspecified atom stereocenters. The number of fused-ring (bicyclic) bond motifs is 7. The van der Waals surface area contributed by atoms with Gasteiger partial charge in [-0.2, -0.15) is 0 Å². The Bertz CT molecular complexity index is 1040. The van der Waals surface area contributed by atoms with Crippen LogP contribution in [0.1, 0.15) is 23.1 Å². The van der Waals surface area contributed by atoms with E-state index < -0.39 is 37.3 Å². The van der Waals surface area contributed by atoms with Crippen LogP contribution in [-0.2, 0) is 4.74 Å². The van der Waals surface area contributed by atoms with Crippen molar-refractivity contribution >= 4 is 0 Å². The summed E-state index contributed by atoms with van der Waals surface area (Å²) in [6.07, 6.45) is -7.04. The SMILES string of the molecule is OC[C@H]1O[C@@H](Oc2ccc3c(c2)OC[C@@H]2c4ccc5c(c4O[C@H]32)OCO5)[C@H](O)[C@@H](O)[C@@H]1O. The van der Waals surface area contributed by atoms with Crippen molar-refractivity contribution in [2.24, 2.45) is 0 Å². The third-order valence-corrected chi connectivity index (χ3v) is 6.34. The van der Waals surface area contributed by atoms with Gasteiger partial charge in [0.15, 0.2) is 11.5 Å². The standard InChI is InChI=1S/C22H22O10/c23-6-15-16(24)17(25)18(26)22(31-15)30-9-1-2-11-14(5-9)27-7-12-10-3-4-13-21(29-8-28-13)20(10)32-19(11)12/h1-5,12,15-19,22-26H,6-8H2/t12-,15-,16-,17+,18-,19-,22-/m1/s1. The first-order valence-electron chi connectivity index (χ1n) is 10.4. The second-order valence-electron chi connectivity index (χ2n) is 8.19. The number of aliphatic hydroxyl groups excluding tert-OH is 4. The molecule has 2 aromatic carbocycles. The predicted octanol–water partition coefficient (Wildman–Crippen LogP) is 0.204. The van der Waals surface area contributed by atoms with Gasteiger partial charge in [0.2, 0.25) is 18.8 Å². The molecule has 0 bridgehead atoms. The lowest BCUT2D eigenvalue weighted by atomic mass is 9.89. The van der Waals surface area contributed by atoms with Gasteiger partial charge >= 0.3 is 0 Å². The number of hydrogen-bond donors (Lipinski definition) is 4. The molecule has 0 amide bonds. The van der Waals surface area contributed by atoms with Crippen molar-refractivity contribution < 1.29 is 48.8 Å². The molecule has 4 N–H and O–H groups in total. The Morgan fingerprint density at radius 3 is 2.56 bits per heavy atom. The third-order valence-electron chi connectivity index (χ3n) is 6.34. The summed E-state index contributed by atoms with van der Waals surface area (Å²) in [7, 11) is 0. The minimum absolute atomic E-state index is 0.00390. The zero-order valence-electron chi connectivity index (χ0n) is 16.8. The van der Waals surface area contributed by atoms with E-state index in [-0.39, 0.29) is 18.8 Å². The molecule has 4 heterocycles. The Labute approximate surface area is 182 Å². The maximum absolute atomic E-state index is 10.2. The number of hydrogen-bond acceptors (Lipinski definition) is 10. The average molecular weight is 446 g/mol. The van der Waals surface area contributed by atoms with Gasteiger partial charge < -0.3 is 48.8 Å². The van der Waals surface area contributed by atoms with Crippen LogP contribution in [0.3, 0.4) is 0 Å². The maximum Gasteiger partial charge on any atom is 0.231 e. The molecular formula is C22H22O10. The molecule has 32 heavy (non-hydrogen) atoms. The molecule has 10 heteroatoms. The van der Waals surface area contributed by atoms with Gasteiger partial charge in [0, 0.05) is 17.2 Å². The van der Waals surface area contributed by atoms with Gasteiger partial charge in [-0.3, -0.25) is 0 Å².